The molecule has 3 nitrogen and oxygen atoms in total. The summed E-state index contributed by atoms with van der Waals surface area (Å²) in [5.41, 5.74) is 0. The third-order valence-electron chi connectivity index (χ3n) is 4.59. The highest BCUT2D eigenvalue weighted by Crippen LogP contribution is 2.25. The van der Waals surface area contributed by atoms with E-state index in [1.807, 2.05) is 0 Å². The Bertz CT molecular complexity index is 266. The van der Waals surface area contributed by atoms with E-state index in [0.717, 1.165) is 19.4 Å². The number of nitrogens with zero attached hydrogens (tertiary/aromatic N) is 1. The highest BCUT2D eigenvalue weighted by molar-refractivity contribution is 5.78. The molecule has 0 radical (unpaired) electrons. The van der Waals surface area contributed by atoms with Crippen molar-refractivity contribution in [1.82, 2.24) is 10.2 Å². The second-order valence-corrected chi connectivity index (χ2v) is 6.28. The first kappa shape index (κ1) is 13.9. The predicted molar refractivity (Wildman–Crippen MR) is 74.4 cm³/mol. The van der Waals surface area contributed by atoms with Crippen LogP contribution in [0.2, 0.25) is 0 Å². The van der Waals surface area contributed by atoms with E-state index in [4.69, 9.17) is 0 Å². The highest BCUT2D eigenvalue weighted by Gasteiger charge is 2.27. The summed E-state index contributed by atoms with van der Waals surface area (Å²) >= 11 is 0. The van der Waals surface area contributed by atoms with Crippen LogP contribution in [0.5, 0.6) is 0 Å². The summed E-state index contributed by atoms with van der Waals surface area (Å²) < 4.78 is 0. The molecule has 104 valence electrons. The van der Waals surface area contributed by atoms with E-state index in [1.54, 1.807) is 0 Å². The molecule has 0 aromatic carbocycles. The van der Waals surface area contributed by atoms with Gasteiger partial charge in [-0.2, -0.15) is 0 Å². The SMILES string of the molecule is CC(C)C(CNC(=O)C1CCCC1)N1CCCC1. The lowest BCUT2D eigenvalue weighted by atomic mass is 10.0. The average molecular weight is 252 g/mol. The van der Waals surface area contributed by atoms with Gasteiger partial charge in [-0.15, -0.1) is 0 Å². The molecule has 1 amide bonds. The smallest absolute Gasteiger partial charge is 0.223 e. The van der Waals surface area contributed by atoms with Gasteiger partial charge in [0.1, 0.15) is 0 Å². The van der Waals surface area contributed by atoms with Gasteiger partial charge in [-0.25, -0.2) is 0 Å². The van der Waals surface area contributed by atoms with Crippen molar-refractivity contribution >= 4 is 5.91 Å². The van der Waals surface area contributed by atoms with Crippen molar-refractivity contribution in [3.8, 4) is 0 Å². The minimum atomic E-state index is 0.302. The summed E-state index contributed by atoms with van der Waals surface area (Å²) in [4.78, 5) is 14.6. The van der Waals surface area contributed by atoms with Crippen molar-refractivity contribution in [2.24, 2.45) is 11.8 Å². The fourth-order valence-electron chi connectivity index (χ4n) is 3.40. The van der Waals surface area contributed by atoms with Gasteiger partial charge in [-0.05, 0) is 44.7 Å². The molecule has 0 aromatic rings. The van der Waals surface area contributed by atoms with Crippen LogP contribution in [-0.2, 0) is 4.79 Å². The lowest BCUT2D eigenvalue weighted by Crippen LogP contribution is -2.46. The van der Waals surface area contributed by atoms with Crippen molar-refractivity contribution in [2.75, 3.05) is 19.6 Å². The second kappa shape index (κ2) is 6.55. The van der Waals surface area contributed by atoms with E-state index in [2.05, 4.69) is 24.1 Å². The third-order valence-corrected chi connectivity index (χ3v) is 4.59. The molecule has 1 aliphatic heterocycles. The number of rotatable bonds is 5. The summed E-state index contributed by atoms with van der Waals surface area (Å²) in [6.07, 6.45) is 7.30. The van der Waals surface area contributed by atoms with Gasteiger partial charge in [0, 0.05) is 18.5 Å². The Hall–Kier alpha value is -0.570. The molecule has 1 atom stereocenters. The van der Waals surface area contributed by atoms with Gasteiger partial charge >= 0.3 is 0 Å². The highest BCUT2D eigenvalue weighted by atomic mass is 16.1. The van der Waals surface area contributed by atoms with Crippen LogP contribution < -0.4 is 5.32 Å². The Morgan fingerprint density at radius 1 is 1.17 bits per heavy atom. The van der Waals surface area contributed by atoms with Crippen molar-refractivity contribution in [1.29, 1.82) is 0 Å². The van der Waals surface area contributed by atoms with Gasteiger partial charge in [0.2, 0.25) is 5.91 Å². The molecular weight excluding hydrogens is 224 g/mol. The van der Waals surface area contributed by atoms with Gasteiger partial charge in [0.05, 0.1) is 0 Å². The molecule has 1 unspecified atom stereocenters. The van der Waals surface area contributed by atoms with Gasteiger partial charge in [0.15, 0.2) is 0 Å². The van der Waals surface area contributed by atoms with Crippen LogP contribution >= 0.6 is 0 Å². The molecule has 2 aliphatic rings. The van der Waals surface area contributed by atoms with Crippen molar-refractivity contribution in [2.45, 2.75) is 58.4 Å². The lowest BCUT2D eigenvalue weighted by molar-refractivity contribution is -0.125. The minimum absolute atomic E-state index is 0.302. The predicted octanol–water partition coefficient (Wildman–Crippen LogP) is 2.41. The summed E-state index contributed by atoms with van der Waals surface area (Å²) in [6.45, 7) is 7.80. The maximum absolute atomic E-state index is 12.1. The van der Waals surface area contributed by atoms with E-state index >= 15 is 0 Å². The molecule has 1 N–H and O–H groups in total. The Labute approximate surface area is 111 Å². The topological polar surface area (TPSA) is 32.3 Å². The van der Waals surface area contributed by atoms with Gasteiger partial charge < -0.3 is 5.32 Å². The second-order valence-electron chi connectivity index (χ2n) is 6.28. The normalized spacial score (nSPS) is 23.7. The van der Waals surface area contributed by atoms with Crippen LogP contribution in [-0.4, -0.2) is 36.5 Å². The summed E-state index contributed by atoms with van der Waals surface area (Å²) in [7, 11) is 0. The Morgan fingerprint density at radius 3 is 2.33 bits per heavy atom. The van der Waals surface area contributed by atoms with Crippen LogP contribution in [0, 0.1) is 11.8 Å². The largest absolute Gasteiger partial charge is 0.354 e. The maximum atomic E-state index is 12.1. The van der Waals surface area contributed by atoms with Crippen LogP contribution in [0.1, 0.15) is 52.4 Å². The molecule has 0 bridgehead atoms. The molecule has 1 saturated heterocycles. The zero-order valence-electron chi connectivity index (χ0n) is 12.0. The molecule has 0 aromatic heterocycles. The van der Waals surface area contributed by atoms with E-state index < -0.39 is 0 Å². The number of carbonyl (C=O) groups is 1. The number of carbonyl (C=O) groups excluding carboxylic acids is 1. The van der Waals surface area contributed by atoms with E-state index in [9.17, 15) is 4.79 Å². The molecule has 1 aliphatic carbocycles. The first-order valence-corrected chi connectivity index (χ1v) is 7.70. The first-order valence-electron chi connectivity index (χ1n) is 7.70. The minimum Gasteiger partial charge on any atom is -0.354 e. The van der Waals surface area contributed by atoms with Crippen LogP contribution in [0.15, 0.2) is 0 Å². The maximum Gasteiger partial charge on any atom is 0.223 e. The quantitative estimate of drug-likeness (QED) is 0.815. The van der Waals surface area contributed by atoms with E-state index in [-0.39, 0.29) is 0 Å². The average Bonchev–Trinajstić information content (AvgIpc) is 3.01. The fourth-order valence-corrected chi connectivity index (χ4v) is 3.40. The molecule has 3 heteroatoms. The van der Waals surface area contributed by atoms with Crippen molar-refractivity contribution in [3.05, 3.63) is 0 Å². The van der Waals surface area contributed by atoms with E-state index in [1.165, 1.54) is 38.8 Å². The molecular formula is C15H28N2O. The number of nitrogens with one attached hydrogen (secondary N) is 1. The number of hydrogen-bond donors (Lipinski definition) is 1. The zero-order chi connectivity index (χ0) is 13.0. The van der Waals surface area contributed by atoms with Gasteiger partial charge in [-0.3, -0.25) is 9.69 Å². The summed E-state index contributed by atoms with van der Waals surface area (Å²) in [5, 5.41) is 3.20. The monoisotopic (exact) mass is 252 g/mol. The fraction of sp³-hybridized carbons (Fsp3) is 0.933. The Balaban J connectivity index is 1.79. The summed E-state index contributed by atoms with van der Waals surface area (Å²) in [6, 6.07) is 0.526. The molecule has 1 saturated carbocycles. The third kappa shape index (κ3) is 3.47. The standard InChI is InChI=1S/C15H28N2O/c1-12(2)14(17-9-5-6-10-17)11-16-15(18)13-7-3-4-8-13/h12-14H,3-11H2,1-2H3,(H,16,18). The molecule has 2 rings (SSSR count). The van der Waals surface area contributed by atoms with Gasteiger partial charge in [-0.1, -0.05) is 26.7 Å². The van der Waals surface area contributed by atoms with Gasteiger partial charge in [0.25, 0.3) is 0 Å². The van der Waals surface area contributed by atoms with Crippen LogP contribution in [0.25, 0.3) is 0 Å². The molecule has 2 fully saturated rings. The number of amides is 1. The lowest BCUT2D eigenvalue weighted by Gasteiger charge is -2.31. The van der Waals surface area contributed by atoms with Crippen molar-refractivity contribution in [3.63, 3.8) is 0 Å². The molecule has 18 heavy (non-hydrogen) atoms. The van der Waals surface area contributed by atoms with Crippen molar-refractivity contribution < 1.29 is 4.79 Å². The van der Waals surface area contributed by atoms with Crippen LogP contribution in [0.3, 0.4) is 0 Å². The van der Waals surface area contributed by atoms with Crippen LogP contribution in [0.4, 0.5) is 0 Å². The molecule has 0 spiro atoms. The number of hydrogen-bond acceptors (Lipinski definition) is 2. The molecule has 1 heterocycles. The van der Waals surface area contributed by atoms with E-state index in [0.29, 0.717) is 23.8 Å². The summed E-state index contributed by atoms with van der Waals surface area (Å²) in [5.74, 6) is 1.22. The Kier molecular flexibility index (Phi) is 5.04. The zero-order valence-corrected chi connectivity index (χ0v) is 12.0. The number of likely N-dealkylation sites (tertiary alicyclic amines) is 1. The first-order chi connectivity index (χ1) is 8.68. The Morgan fingerprint density at radius 2 is 1.78 bits per heavy atom.